The fourth-order valence-electron chi connectivity index (χ4n) is 4.06. The number of benzene rings is 2. The third-order valence-corrected chi connectivity index (χ3v) is 5.36. The summed E-state index contributed by atoms with van der Waals surface area (Å²) in [6.45, 7) is 1.02. The molecule has 2 aromatic carbocycles. The third-order valence-electron chi connectivity index (χ3n) is 5.36. The van der Waals surface area contributed by atoms with Crippen molar-refractivity contribution in [1.82, 2.24) is 19.7 Å². The fraction of sp³-hybridized carbons (Fsp3) is 0.227. The summed E-state index contributed by atoms with van der Waals surface area (Å²) < 4.78 is 1.82. The van der Waals surface area contributed by atoms with E-state index in [0.29, 0.717) is 6.04 Å². The lowest BCUT2D eigenvalue weighted by Gasteiger charge is -2.27. The molecule has 0 spiro atoms. The number of aryl methyl sites for hydroxylation is 1. The van der Waals surface area contributed by atoms with Crippen LogP contribution < -0.4 is 4.90 Å². The predicted octanol–water partition coefficient (Wildman–Crippen LogP) is 4.37. The summed E-state index contributed by atoms with van der Waals surface area (Å²) in [7, 11) is 1.93. The molecule has 0 radical (unpaired) electrons. The molecular formula is C22H21N5. The minimum Gasteiger partial charge on any atom is -0.349 e. The van der Waals surface area contributed by atoms with Crippen LogP contribution in [0.5, 0.6) is 0 Å². The Kier molecular flexibility index (Phi) is 3.85. The molecule has 5 rings (SSSR count). The molecule has 134 valence electrons. The topological polar surface area (TPSA) is 46.8 Å². The van der Waals surface area contributed by atoms with Crippen molar-refractivity contribution in [1.29, 1.82) is 0 Å². The van der Waals surface area contributed by atoms with E-state index in [9.17, 15) is 0 Å². The molecule has 0 aliphatic carbocycles. The number of anilines is 1. The van der Waals surface area contributed by atoms with Gasteiger partial charge in [-0.15, -0.1) is 0 Å². The Labute approximate surface area is 158 Å². The number of aromatic nitrogens is 4. The second kappa shape index (κ2) is 6.50. The molecule has 3 heterocycles. The largest absolute Gasteiger partial charge is 0.349 e. The van der Waals surface area contributed by atoms with Gasteiger partial charge in [-0.1, -0.05) is 36.4 Å². The molecule has 0 N–H and O–H groups in total. The molecule has 1 aliphatic rings. The molecule has 1 aliphatic heterocycles. The average Bonchev–Trinajstić information content (AvgIpc) is 3.37. The highest BCUT2D eigenvalue weighted by atomic mass is 15.2. The number of hydrogen-bond acceptors (Lipinski definition) is 4. The van der Waals surface area contributed by atoms with E-state index in [1.807, 2.05) is 24.1 Å². The molecule has 1 atom stereocenters. The minimum absolute atomic E-state index is 0.377. The van der Waals surface area contributed by atoms with Gasteiger partial charge in [-0.25, -0.2) is 9.97 Å². The van der Waals surface area contributed by atoms with Crippen LogP contribution >= 0.6 is 0 Å². The highest BCUT2D eigenvalue weighted by Gasteiger charge is 2.28. The molecular weight excluding hydrogens is 334 g/mol. The summed E-state index contributed by atoms with van der Waals surface area (Å²) in [5.74, 6) is 1.03. The zero-order valence-corrected chi connectivity index (χ0v) is 15.3. The Balaban J connectivity index is 1.57. The van der Waals surface area contributed by atoms with Crippen LogP contribution in [0, 0.1) is 0 Å². The summed E-state index contributed by atoms with van der Waals surface area (Å²) in [5, 5.41) is 5.38. The van der Waals surface area contributed by atoms with Crippen molar-refractivity contribution in [2.24, 2.45) is 7.05 Å². The van der Waals surface area contributed by atoms with Gasteiger partial charge in [-0.3, -0.25) is 4.68 Å². The Morgan fingerprint density at radius 3 is 2.70 bits per heavy atom. The van der Waals surface area contributed by atoms with Crippen LogP contribution in [0.15, 0.2) is 67.3 Å². The van der Waals surface area contributed by atoms with E-state index in [1.165, 1.54) is 12.0 Å². The Bertz CT molecular complexity index is 1090. The van der Waals surface area contributed by atoms with Gasteiger partial charge in [-0.2, -0.15) is 5.10 Å². The first-order valence-corrected chi connectivity index (χ1v) is 9.35. The summed E-state index contributed by atoms with van der Waals surface area (Å²) in [6, 6.07) is 17.5. The lowest BCUT2D eigenvalue weighted by atomic mass is 10.0. The van der Waals surface area contributed by atoms with Crippen molar-refractivity contribution >= 4 is 16.7 Å². The monoisotopic (exact) mass is 355 g/mol. The molecule has 2 aromatic heterocycles. The standard InChI is InChI=1S/C22H21N5/c1-26-14-18(13-25-26)17-9-10-19-20(12-17)23-15-24-22(19)27-11-5-8-21(27)16-6-3-2-4-7-16/h2-4,6-7,9-10,12-15,21H,5,8,11H2,1H3/t21-/m1/s1. The lowest BCUT2D eigenvalue weighted by Crippen LogP contribution is -2.23. The quantitative estimate of drug-likeness (QED) is 0.547. The van der Waals surface area contributed by atoms with Crippen LogP contribution in [0.25, 0.3) is 22.0 Å². The highest BCUT2D eigenvalue weighted by Crippen LogP contribution is 2.38. The van der Waals surface area contributed by atoms with Crippen molar-refractivity contribution in [2.45, 2.75) is 18.9 Å². The van der Waals surface area contributed by atoms with Crippen LogP contribution in [0.2, 0.25) is 0 Å². The lowest BCUT2D eigenvalue weighted by molar-refractivity contribution is 0.713. The van der Waals surface area contributed by atoms with Gasteiger partial charge in [0.2, 0.25) is 0 Å². The molecule has 0 bridgehead atoms. The molecule has 1 saturated heterocycles. The maximum Gasteiger partial charge on any atom is 0.140 e. The molecule has 5 nitrogen and oxygen atoms in total. The summed E-state index contributed by atoms with van der Waals surface area (Å²) in [5.41, 5.74) is 4.55. The summed E-state index contributed by atoms with van der Waals surface area (Å²) >= 11 is 0. The maximum atomic E-state index is 4.67. The number of rotatable bonds is 3. The molecule has 0 unspecified atom stereocenters. The fourth-order valence-corrected chi connectivity index (χ4v) is 4.06. The first-order valence-electron chi connectivity index (χ1n) is 9.35. The SMILES string of the molecule is Cn1cc(-c2ccc3c(N4CCC[C@@H]4c4ccccc4)ncnc3c2)cn1. The van der Waals surface area contributed by atoms with Gasteiger partial charge in [0.05, 0.1) is 17.8 Å². The van der Waals surface area contributed by atoms with Gasteiger partial charge in [0, 0.05) is 30.7 Å². The van der Waals surface area contributed by atoms with E-state index in [4.69, 9.17) is 0 Å². The number of nitrogens with zero attached hydrogens (tertiary/aromatic N) is 5. The predicted molar refractivity (Wildman–Crippen MR) is 108 cm³/mol. The van der Waals surface area contributed by atoms with Crippen LogP contribution in [0.4, 0.5) is 5.82 Å². The molecule has 27 heavy (non-hydrogen) atoms. The Morgan fingerprint density at radius 2 is 1.89 bits per heavy atom. The normalized spacial score (nSPS) is 16.9. The van der Waals surface area contributed by atoms with Crippen LogP contribution in [-0.2, 0) is 7.05 Å². The van der Waals surface area contributed by atoms with Gasteiger partial charge in [0.1, 0.15) is 12.1 Å². The van der Waals surface area contributed by atoms with Gasteiger partial charge >= 0.3 is 0 Å². The summed E-state index contributed by atoms with van der Waals surface area (Å²) in [6.07, 6.45) is 7.93. The Morgan fingerprint density at radius 1 is 1.00 bits per heavy atom. The van der Waals surface area contributed by atoms with Gasteiger partial charge in [-0.05, 0) is 36.1 Å². The van der Waals surface area contributed by atoms with E-state index >= 15 is 0 Å². The average molecular weight is 355 g/mol. The van der Waals surface area contributed by atoms with E-state index in [1.54, 1.807) is 6.33 Å². The van der Waals surface area contributed by atoms with Crippen molar-refractivity contribution in [2.75, 3.05) is 11.4 Å². The van der Waals surface area contributed by atoms with E-state index in [-0.39, 0.29) is 0 Å². The molecule has 1 fully saturated rings. The zero-order valence-electron chi connectivity index (χ0n) is 15.3. The van der Waals surface area contributed by atoms with E-state index < -0.39 is 0 Å². The first-order chi connectivity index (χ1) is 13.3. The van der Waals surface area contributed by atoms with E-state index in [0.717, 1.165) is 40.8 Å². The molecule has 0 amide bonds. The second-order valence-electron chi connectivity index (χ2n) is 7.09. The van der Waals surface area contributed by atoms with Crippen LogP contribution in [0.3, 0.4) is 0 Å². The van der Waals surface area contributed by atoms with Gasteiger partial charge in [0.15, 0.2) is 0 Å². The zero-order chi connectivity index (χ0) is 18.2. The molecule has 4 aromatic rings. The van der Waals surface area contributed by atoms with Crippen LogP contribution in [-0.4, -0.2) is 26.3 Å². The first kappa shape index (κ1) is 16.0. The Hall–Kier alpha value is -3.21. The third kappa shape index (κ3) is 2.85. The minimum atomic E-state index is 0.377. The van der Waals surface area contributed by atoms with Crippen LogP contribution in [0.1, 0.15) is 24.4 Å². The number of hydrogen-bond donors (Lipinski definition) is 0. The van der Waals surface area contributed by atoms with Gasteiger partial charge < -0.3 is 4.90 Å². The number of fused-ring (bicyclic) bond motifs is 1. The van der Waals surface area contributed by atoms with Gasteiger partial charge in [0.25, 0.3) is 0 Å². The van der Waals surface area contributed by atoms with E-state index in [2.05, 4.69) is 68.5 Å². The van der Waals surface area contributed by atoms with Crippen molar-refractivity contribution in [3.05, 3.63) is 72.8 Å². The van der Waals surface area contributed by atoms with Crippen molar-refractivity contribution < 1.29 is 0 Å². The second-order valence-corrected chi connectivity index (χ2v) is 7.09. The molecule has 0 saturated carbocycles. The smallest absolute Gasteiger partial charge is 0.140 e. The highest BCUT2D eigenvalue weighted by molar-refractivity contribution is 5.92. The van der Waals surface area contributed by atoms with Crippen molar-refractivity contribution in [3.63, 3.8) is 0 Å². The summed E-state index contributed by atoms with van der Waals surface area (Å²) in [4.78, 5) is 11.6. The molecule has 5 heteroatoms. The van der Waals surface area contributed by atoms with Crippen molar-refractivity contribution in [3.8, 4) is 11.1 Å². The maximum absolute atomic E-state index is 4.67.